The Hall–Kier alpha value is -4.33. The zero-order chi connectivity index (χ0) is 23.3. The number of hydrogen-bond acceptors (Lipinski definition) is 6. The maximum absolute atomic E-state index is 13.9. The van der Waals surface area contributed by atoms with Crippen LogP contribution in [0.25, 0.3) is 11.0 Å². The van der Waals surface area contributed by atoms with Gasteiger partial charge in [0.1, 0.15) is 17.2 Å². The predicted octanol–water partition coefficient (Wildman–Crippen LogP) is 4.17. The Morgan fingerprint density at radius 3 is 2.55 bits per heavy atom. The summed E-state index contributed by atoms with van der Waals surface area (Å²) >= 11 is 0. The van der Waals surface area contributed by atoms with Crippen LogP contribution in [-0.4, -0.2) is 24.0 Å². The minimum atomic E-state index is -0.877. The summed E-state index contributed by atoms with van der Waals surface area (Å²) in [5.41, 5.74) is 1.26. The highest BCUT2D eigenvalue weighted by atomic mass is 19.1. The molecule has 5 rings (SSSR count). The number of ether oxygens (including phenoxy) is 1. The number of methoxy groups -OCH3 is 1. The van der Waals surface area contributed by atoms with Crippen molar-refractivity contribution >= 4 is 28.7 Å². The molecule has 0 unspecified atom stereocenters. The standard InChI is InChI=1S/C25H17FN2O5/c1-13-4-3-5-19(27-13)28-21(14-6-8-15(9-7-14)25(31)32-2)20-22(29)17-12-16(26)10-11-18(17)33-23(20)24(28)30/h3-12,21H,1-2H3/t21-/m1/s1. The fraction of sp³-hybridized carbons (Fsp3) is 0.120. The molecule has 0 N–H and O–H groups in total. The summed E-state index contributed by atoms with van der Waals surface area (Å²) in [6, 6.07) is 14.3. The first-order valence-corrected chi connectivity index (χ1v) is 10.1. The molecular weight excluding hydrogens is 427 g/mol. The molecule has 164 valence electrons. The third-order valence-electron chi connectivity index (χ3n) is 5.60. The highest BCUT2D eigenvalue weighted by Gasteiger charge is 2.44. The van der Waals surface area contributed by atoms with E-state index in [9.17, 15) is 18.8 Å². The third-order valence-corrected chi connectivity index (χ3v) is 5.60. The number of amides is 1. The lowest BCUT2D eigenvalue weighted by molar-refractivity contribution is 0.0600. The molecule has 0 saturated heterocycles. The smallest absolute Gasteiger partial charge is 0.337 e. The number of rotatable bonds is 3. The Labute approximate surface area is 187 Å². The molecule has 4 aromatic rings. The molecule has 0 spiro atoms. The molecule has 1 amide bonds. The Kier molecular flexibility index (Phi) is 4.78. The molecule has 1 atom stereocenters. The van der Waals surface area contributed by atoms with Crippen LogP contribution in [0.5, 0.6) is 0 Å². The highest BCUT2D eigenvalue weighted by Crippen LogP contribution is 2.40. The van der Waals surface area contributed by atoms with Crippen molar-refractivity contribution in [3.05, 3.63) is 105 Å². The highest BCUT2D eigenvalue weighted by molar-refractivity contribution is 6.10. The number of benzene rings is 2. The molecule has 2 aromatic carbocycles. The molecule has 1 aliphatic heterocycles. The van der Waals surface area contributed by atoms with Crippen molar-refractivity contribution in [1.29, 1.82) is 0 Å². The van der Waals surface area contributed by atoms with Gasteiger partial charge in [-0.3, -0.25) is 14.5 Å². The number of hydrogen-bond donors (Lipinski definition) is 0. The number of aryl methyl sites for hydroxylation is 1. The van der Waals surface area contributed by atoms with Crippen molar-refractivity contribution in [2.24, 2.45) is 0 Å². The summed E-state index contributed by atoms with van der Waals surface area (Å²) in [6.45, 7) is 1.79. The zero-order valence-electron chi connectivity index (χ0n) is 17.7. The van der Waals surface area contributed by atoms with Crippen LogP contribution >= 0.6 is 0 Å². The van der Waals surface area contributed by atoms with Gasteiger partial charge in [0.05, 0.1) is 29.7 Å². The van der Waals surface area contributed by atoms with Gasteiger partial charge in [0.25, 0.3) is 5.91 Å². The minimum Gasteiger partial charge on any atom is -0.465 e. The van der Waals surface area contributed by atoms with Gasteiger partial charge in [-0.2, -0.15) is 0 Å². The number of esters is 1. The van der Waals surface area contributed by atoms with Gasteiger partial charge in [-0.05, 0) is 55.0 Å². The summed E-state index contributed by atoms with van der Waals surface area (Å²) in [4.78, 5) is 44.6. The number of aromatic nitrogens is 1. The van der Waals surface area contributed by atoms with Gasteiger partial charge in [0.2, 0.25) is 5.76 Å². The fourth-order valence-electron chi connectivity index (χ4n) is 4.08. The number of halogens is 1. The predicted molar refractivity (Wildman–Crippen MR) is 118 cm³/mol. The van der Waals surface area contributed by atoms with E-state index >= 15 is 0 Å². The average Bonchev–Trinajstić information content (AvgIpc) is 3.11. The molecule has 0 bridgehead atoms. The summed E-state index contributed by atoms with van der Waals surface area (Å²) in [7, 11) is 1.28. The molecule has 0 radical (unpaired) electrons. The average molecular weight is 444 g/mol. The lowest BCUT2D eigenvalue weighted by atomic mass is 9.97. The van der Waals surface area contributed by atoms with Crippen LogP contribution in [0.2, 0.25) is 0 Å². The second kappa shape index (κ2) is 7.67. The van der Waals surface area contributed by atoms with E-state index < -0.39 is 29.2 Å². The van der Waals surface area contributed by atoms with Crippen LogP contribution in [0.4, 0.5) is 10.2 Å². The molecule has 0 saturated carbocycles. The van der Waals surface area contributed by atoms with Crippen molar-refractivity contribution < 1.29 is 23.1 Å². The molecule has 2 aromatic heterocycles. The zero-order valence-corrected chi connectivity index (χ0v) is 17.7. The van der Waals surface area contributed by atoms with E-state index in [4.69, 9.17) is 9.15 Å². The minimum absolute atomic E-state index is 0.0387. The SMILES string of the molecule is COC(=O)c1ccc([C@@H]2c3c(oc4ccc(F)cc4c3=O)C(=O)N2c2cccc(C)n2)cc1. The molecule has 8 heteroatoms. The van der Waals surface area contributed by atoms with Crippen LogP contribution in [-0.2, 0) is 4.74 Å². The lowest BCUT2D eigenvalue weighted by Gasteiger charge is -2.24. The van der Waals surface area contributed by atoms with Crippen LogP contribution in [0.3, 0.4) is 0 Å². The summed E-state index contributed by atoms with van der Waals surface area (Å²) in [6.07, 6.45) is 0. The van der Waals surface area contributed by atoms with E-state index in [-0.39, 0.29) is 22.3 Å². The maximum Gasteiger partial charge on any atom is 0.337 e. The molecule has 33 heavy (non-hydrogen) atoms. The summed E-state index contributed by atoms with van der Waals surface area (Å²) < 4.78 is 24.4. The number of nitrogens with zero attached hydrogens (tertiary/aromatic N) is 2. The number of carbonyl (C=O) groups is 2. The van der Waals surface area contributed by atoms with Crippen LogP contribution < -0.4 is 10.3 Å². The molecule has 1 aliphatic rings. The Bertz CT molecular complexity index is 1490. The second-order valence-corrected chi connectivity index (χ2v) is 7.64. The number of anilines is 1. The van der Waals surface area contributed by atoms with E-state index in [0.717, 1.165) is 6.07 Å². The van der Waals surface area contributed by atoms with Gasteiger partial charge in [-0.25, -0.2) is 14.2 Å². The van der Waals surface area contributed by atoms with E-state index in [1.165, 1.54) is 24.1 Å². The molecule has 0 aliphatic carbocycles. The lowest BCUT2D eigenvalue weighted by Crippen LogP contribution is -2.30. The first-order chi connectivity index (χ1) is 15.9. The topological polar surface area (TPSA) is 89.7 Å². The van der Waals surface area contributed by atoms with Crippen LogP contribution in [0.15, 0.2) is 69.9 Å². The van der Waals surface area contributed by atoms with Crippen LogP contribution in [0, 0.1) is 12.7 Å². The van der Waals surface area contributed by atoms with Gasteiger partial charge in [0, 0.05) is 5.69 Å². The van der Waals surface area contributed by atoms with E-state index in [2.05, 4.69) is 4.98 Å². The number of fused-ring (bicyclic) bond motifs is 2. The van der Waals surface area contributed by atoms with Gasteiger partial charge in [-0.15, -0.1) is 0 Å². The molecule has 3 heterocycles. The van der Waals surface area contributed by atoms with Gasteiger partial charge in [0.15, 0.2) is 5.43 Å². The summed E-state index contributed by atoms with van der Waals surface area (Å²) in [5.74, 6) is -1.42. The first-order valence-electron chi connectivity index (χ1n) is 10.1. The number of pyridine rings is 1. The van der Waals surface area contributed by atoms with Crippen molar-refractivity contribution in [3.8, 4) is 0 Å². The van der Waals surface area contributed by atoms with Crippen molar-refractivity contribution in [2.75, 3.05) is 12.0 Å². The second-order valence-electron chi connectivity index (χ2n) is 7.64. The van der Waals surface area contributed by atoms with Gasteiger partial charge in [-0.1, -0.05) is 18.2 Å². The number of carbonyl (C=O) groups excluding carboxylic acids is 2. The Morgan fingerprint density at radius 1 is 1.09 bits per heavy atom. The molecule has 7 nitrogen and oxygen atoms in total. The van der Waals surface area contributed by atoms with Gasteiger partial charge >= 0.3 is 5.97 Å². The maximum atomic E-state index is 13.9. The van der Waals surface area contributed by atoms with E-state index in [0.29, 0.717) is 22.6 Å². The quantitative estimate of drug-likeness (QED) is 0.441. The summed E-state index contributed by atoms with van der Waals surface area (Å²) in [5, 5.41) is 0.0387. The largest absolute Gasteiger partial charge is 0.465 e. The van der Waals surface area contributed by atoms with Gasteiger partial charge < -0.3 is 9.15 Å². The monoisotopic (exact) mass is 444 g/mol. The van der Waals surface area contributed by atoms with Crippen molar-refractivity contribution in [1.82, 2.24) is 4.98 Å². The van der Waals surface area contributed by atoms with Crippen molar-refractivity contribution in [2.45, 2.75) is 13.0 Å². The third kappa shape index (κ3) is 3.27. The molecule has 0 fully saturated rings. The first kappa shape index (κ1) is 20.6. The Balaban J connectivity index is 1.77. The van der Waals surface area contributed by atoms with E-state index in [1.807, 2.05) is 0 Å². The fourth-order valence-corrected chi connectivity index (χ4v) is 4.08. The van der Waals surface area contributed by atoms with E-state index in [1.54, 1.807) is 49.4 Å². The Morgan fingerprint density at radius 2 is 1.85 bits per heavy atom. The van der Waals surface area contributed by atoms with Crippen molar-refractivity contribution in [3.63, 3.8) is 0 Å². The van der Waals surface area contributed by atoms with Crippen LogP contribution in [0.1, 0.15) is 43.8 Å². The molecular formula is C25H17FN2O5. The normalized spacial score (nSPS) is 15.1.